The van der Waals surface area contributed by atoms with Crippen LogP contribution in [0.25, 0.3) is 0 Å². The van der Waals surface area contributed by atoms with E-state index in [-0.39, 0.29) is 5.41 Å². The molecule has 0 bridgehead atoms. The highest BCUT2D eigenvalue weighted by Gasteiger charge is 2.52. The molecular weight excluding hydrogens is 253 g/mol. The molecule has 0 atom stereocenters. The summed E-state index contributed by atoms with van der Waals surface area (Å²) in [5.41, 5.74) is 5.30. The van der Waals surface area contributed by atoms with Crippen LogP contribution in [0.4, 0.5) is 0 Å². The Hall–Kier alpha value is -1.32. The first kappa shape index (κ1) is 15.1. The molecule has 1 aliphatic heterocycles. The first-order valence-corrected chi connectivity index (χ1v) is 6.94. The zero-order chi connectivity index (χ0) is 15.0. The molecular formula is C14H22BN3O2. The van der Waals surface area contributed by atoms with E-state index in [2.05, 4.69) is 11.1 Å². The van der Waals surface area contributed by atoms with Crippen molar-refractivity contribution in [2.24, 2.45) is 16.1 Å². The van der Waals surface area contributed by atoms with Crippen LogP contribution in [-0.2, 0) is 9.31 Å². The lowest BCUT2D eigenvalue weighted by Crippen LogP contribution is -2.41. The van der Waals surface area contributed by atoms with Crippen LogP contribution in [0.1, 0.15) is 40.5 Å². The maximum absolute atomic E-state index is 9.02. The highest BCUT2D eigenvalue weighted by molar-refractivity contribution is 6.60. The van der Waals surface area contributed by atoms with Crippen molar-refractivity contribution in [1.29, 1.82) is 5.26 Å². The molecule has 0 amide bonds. The number of allylic oxidation sites excluding steroid dienone is 1. The maximum atomic E-state index is 9.02. The van der Waals surface area contributed by atoms with E-state index in [4.69, 9.17) is 20.3 Å². The van der Waals surface area contributed by atoms with Crippen LogP contribution in [0.2, 0.25) is 0 Å². The average molecular weight is 275 g/mol. The molecule has 5 nitrogen and oxygen atoms in total. The average Bonchev–Trinajstić information content (AvgIpc) is 3.09. The van der Waals surface area contributed by atoms with Crippen LogP contribution in [0.5, 0.6) is 0 Å². The summed E-state index contributed by atoms with van der Waals surface area (Å²) in [7, 11) is -0.508. The summed E-state index contributed by atoms with van der Waals surface area (Å²) >= 11 is 0. The summed E-state index contributed by atoms with van der Waals surface area (Å²) in [4.78, 5) is 4.33. The predicted octanol–water partition coefficient (Wildman–Crippen LogP) is 1.83. The number of nitrogens with zero attached hydrogens (tertiary/aromatic N) is 2. The highest BCUT2D eigenvalue weighted by Crippen LogP contribution is 2.45. The molecule has 1 saturated carbocycles. The fraction of sp³-hybridized carbons (Fsp3) is 0.714. The molecule has 0 aromatic heterocycles. The summed E-state index contributed by atoms with van der Waals surface area (Å²) < 4.78 is 11.8. The number of nitrogens with two attached hydrogens (primary N) is 1. The summed E-state index contributed by atoms with van der Waals surface area (Å²) in [6.07, 6.45) is 4.98. The molecule has 1 heterocycles. The lowest BCUT2D eigenvalue weighted by molar-refractivity contribution is 0.00578. The fourth-order valence-electron chi connectivity index (χ4n) is 1.94. The second-order valence-corrected chi connectivity index (χ2v) is 6.62. The third kappa shape index (κ3) is 2.74. The molecule has 2 N–H and O–H groups in total. The van der Waals surface area contributed by atoms with Gasteiger partial charge in [0.05, 0.1) is 29.2 Å². The van der Waals surface area contributed by atoms with Crippen molar-refractivity contribution in [1.82, 2.24) is 0 Å². The lowest BCUT2D eigenvalue weighted by Gasteiger charge is -2.32. The van der Waals surface area contributed by atoms with Gasteiger partial charge in [-0.1, -0.05) is 0 Å². The van der Waals surface area contributed by atoms with Crippen LogP contribution < -0.4 is 5.73 Å². The summed E-state index contributed by atoms with van der Waals surface area (Å²) in [5.74, 6) is 0. The molecule has 2 aliphatic rings. The Morgan fingerprint density at radius 2 is 1.85 bits per heavy atom. The molecule has 6 heteroatoms. The SMILES string of the molecule is CC1(C)OB(C(C=NCC2(C#N)CC2)=CN)OC1(C)C. The molecule has 108 valence electrons. The Balaban J connectivity index is 2.01. The largest absolute Gasteiger partial charge is 0.497 e. The topological polar surface area (TPSA) is 80.6 Å². The monoisotopic (exact) mass is 275 g/mol. The standard InChI is InChI=1S/C14H22BN3O2/c1-12(2)13(3,4)20-15(19-12)11(7-16)8-18-10-14(9-17)5-6-14/h7-8H,5-6,10,16H2,1-4H3. The van der Waals surface area contributed by atoms with Crippen molar-refractivity contribution in [2.45, 2.75) is 51.7 Å². The van der Waals surface area contributed by atoms with Crippen molar-refractivity contribution in [2.75, 3.05) is 6.54 Å². The van der Waals surface area contributed by atoms with Crippen LogP contribution in [0, 0.1) is 16.7 Å². The van der Waals surface area contributed by atoms with E-state index in [9.17, 15) is 0 Å². The Kier molecular flexibility index (Phi) is 3.70. The molecule has 1 saturated heterocycles. The minimum absolute atomic E-state index is 0.244. The quantitative estimate of drug-likeness (QED) is 0.627. The number of hydrogen-bond donors (Lipinski definition) is 1. The fourth-order valence-corrected chi connectivity index (χ4v) is 1.94. The predicted molar refractivity (Wildman–Crippen MR) is 79.0 cm³/mol. The number of hydrogen-bond acceptors (Lipinski definition) is 5. The second kappa shape index (κ2) is 4.90. The zero-order valence-corrected chi connectivity index (χ0v) is 12.6. The minimum atomic E-state index is -0.508. The van der Waals surface area contributed by atoms with Gasteiger partial charge < -0.3 is 15.0 Å². The number of rotatable bonds is 4. The van der Waals surface area contributed by atoms with Crippen molar-refractivity contribution < 1.29 is 9.31 Å². The van der Waals surface area contributed by atoms with Crippen molar-refractivity contribution in [3.8, 4) is 6.07 Å². The van der Waals surface area contributed by atoms with E-state index in [1.54, 1.807) is 6.21 Å². The normalized spacial score (nSPS) is 26.8. The molecule has 0 aromatic rings. The van der Waals surface area contributed by atoms with E-state index in [1.807, 2.05) is 27.7 Å². The van der Waals surface area contributed by atoms with Gasteiger partial charge in [0.15, 0.2) is 0 Å². The van der Waals surface area contributed by atoms with Crippen LogP contribution in [0.3, 0.4) is 0 Å². The Morgan fingerprint density at radius 3 is 2.25 bits per heavy atom. The van der Waals surface area contributed by atoms with Gasteiger partial charge in [-0.3, -0.25) is 4.99 Å². The van der Waals surface area contributed by atoms with E-state index < -0.39 is 18.3 Å². The molecule has 0 spiro atoms. The minimum Gasteiger partial charge on any atom is -0.405 e. The van der Waals surface area contributed by atoms with E-state index >= 15 is 0 Å². The van der Waals surface area contributed by atoms with Crippen molar-refractivity contribution >= 4 is 13.3 Å². The van der Waals surface area contributed by atoms with E-state index in [1.165, 1.54) is 6.20 Å². The van der Waals surface area contributed by atoms with E-state index in [0.29, 0.717) is 12.0 Å². The zero-order valence-electron chi connectivity index (χ0n) is 12.6. The first-order chi connectivity index (χ1) is 9.25. The lowest BCUT2D eigenvalue weighted by atomic mass is 9.79. The number of nitriles is 1. The van der Waals surface area contributed by atoms with Gasteiger partial charge in [-0.25, -0.2) is 0 Å². The van der Waals surface area contributed by atoms with Gasteiger partial charge in [-0.15, -0.1) is 0 Å². The molecule has 1 aliphatic carbocycles. The number of aliphatic imine (C=N–C) groups is 1. The third-order valence-corrected chi connectivity index (χ3v) is 4.44. The molecule has 20 heavy (non-hydrogen) atoms. The molecule has 0 radical (unpaired) electrons. The summed E-state index contributed by atoms with van der Waals surface area (Å²) in [5, 5.41) is 9.02. The van der Waals surface area contributed by atoms with Crippen LogP contribution >= 0.6 is 0 Å². The Bertz CT molecular complexity index is 471. The van der Waals surface area contributed by atoms with Gasteiger partial charge in [0, 0.05) is 11.7 Å². The Labute approximate surface area is 121 Å². The van der Waals surface area contributed by atoms with Gasteiger partial charge in [-0.2, -0.15) is 5.26 Å². The molecule has 0 unspecified atom stereocenters. The van der Waals surface area contributed by atoms with Crippen LogP contribution in [-0.4, -0.2) is 31.1 Å². The highest BCUT2D eigenvalue weighted by atomic mass is 16.7. The first-order valence-electron chi connectivity index (χ1n) is 6.94. The van der Waals surface area contributed by atoms with E-state index in [0.717, 1.165) is 12.8 Å². The third-order valence-electron chi connectivity index (χ3n) is 4.44. The smallest absolute Gasteiger partial charge is 0.405 e. The molecule has 2 rings (SSSR count). The van der Waals surface area contributed by atoms with Gasteiger partial charge in [0.25, 0.3) is 0 Å². The second-order valence-electron chi connectivity index (χ2n) is 6.62. The molecule has 0 aromatic carbocycles. The van der Waals surface area contributed by atoms with Crippen molar-refractivity contribution in [3.05, 3.63) is 11.7 Å². The van der Waals surface area contributed by atoms with Crippen molar-refractivity contribution in [3.63, 3.8) is 0 Å². The van der Waals surface area contributed by atoms with Crippen LogP contribution in [0.15, 0.2) is 16.7 Å². The summed E-state index contributed by atoms with van der Waals surface area (Å²) in [6, 6.07) is 2.31. The maximum Gasteiger partial charge on any atom is 0.497 e. The molecule has 2 fully saturated rings. The summed E-state index contributed by atoms with van der Waals surface area (Å²) in [6.45, 7) is 8.49. The Morgan fingerprint density at radius 1 is 1.30 bits per heavy atom. The van der Waals surface area contributed by atoms with Gasteiger partial charge in [0.2, 0.25) is 0 Å². The van der Waals surface area contributed by atoms with Gasteiger partial charge >= 0.3 is 7.12 Å². The van der Waals surface area contributed by atoms with Gasteiger partial charge in [0.1, 0.15) is 0 Å². The van der Waals surface area contributed by atoms with Gasteiger partial charge in [-0.05, 0) is 46.7 Å².